The second-order valence-electron chi connectivity index (χ2n) is 4.58. The zero-order valence-corrected chi connectivity index (χ0v) is 12.3. The number of carbonyl (C=O) groups excluding carboxylic acids is 1. The molecule has 112 valence electrons. The first kappa shape index (κ1) is 15.0. The van der Waals surface area contributed by atoms with E-state index < -0.39 is 11.8 Å². The number of rotatable bonds is 4. The number of hydrogen-bond acceptors (Lipinski definition) is 4. The van der Waals surface area contributed by atoms with E-state index in [0.29, 0.717) is 23.5 Å². The van der Waals surface area contributed by atoms with Crippen molar-refractivity contribution in [1.29, 1.82) is 0 Å². The maximum atomic E-state index is 14.2. The number of halogens is 1. The van der Waals surface area contributed by atoms with Gasteiger partial charge in [0.15, 0.2) is 5.69 Å². The average Bonchev–Trinajstić information content (AvgIpc) is 2.76. The summed E-state index contributed by atoms with van der Waals surface area (Å²) in [4.78, 5) is 16.1. The van der Waals surface area contributed by atoms with Crippen LogP contribution >= 0.6 is 0 Å². The molecule has 0 spiro atoms. The van der Waals surface area contributed by atoms with Crippen molar-refractivity contribution < 1.29 is 13.9 Å². The summed E-state index contributed by atoms with van der Waals surface area (Å²) in [5, 5.41) is 0. The Bertz CT molecular complexity index is 660. The highest BCUT2D eigenvalue weighted by molar-refractivity contribution is 5.92. The number of hydrogen-bond donors (Lipinski definition) is 1. The third-order valence-corrected chi connectivity index (χ3v) is 3.18. The zero-order chi connectivity index (χ0) is 15.6. The van der Waals surface area contributed by atoms with Gasteiger partial charge in [0.2, 0.25) is 0 Å². The lowest BCUT2D eigenvalue weighted by atomic mass is 10.2. The summed E-state index contributed by atoms with van der Waals surface area (Å²) >= 11 is 0. The summed E-state index contributed by atoms with van der Waals surface area (Å²) in [6.45, 7) is 5.57. The van der Waals surface area contributed by atoms with Crippen LogP contribution in [0.5, 0.6) is 0 Å². The molecule has 0 saturated heterocycles. The van der Waals surface area contributed by atoms with Gasteiger partial charge >= 0.3 is 5.97 Å². The van der Waals surface area contributed by atoms with Crippen LogP contribution in [-0.2, 0) is 11.2 Å². The number of nitrogens with zero attached hydrogens (tertiary/aromatic N) is 2. The van der Waals surface area contributed by atoms with Crippen LogP contribution in [0.25, 0.3) is 5.69 Å². The quantitative estimate of drug-likeness (QED) is 0.879. The SMILES string of the molecule is CCOC(=O)c1nc(CC)n(-c2c(C)cccc2F)c1N. The second-order valence-corrected chi connectivity index (χ2v) is 4.58. The molecule has 21 heavy (non-hydrogen) atoms. The number of para-hydroxylation sites is 1. The first-order valence-corrected chi connectivity index (χ1v) is 6.80. The standard InChI is InChI=1S/C15H18FN3O2/c1-4-11-18-12(15(20)21-5-2)14(17)19(11)13-9(3)7-6-8-10(13)16/h6-8H,4-5,17H2,1-3H3. The third kappa shape index (κ3) is 2.61. The van der Waals surface area contributed by atoms with E-state index in [1.54, 1.807) is 26.0 Å². The van der Waals surface area contributed by atoms with E-state index in [4.69, 9.17) is 10.5 Å². The molecule has 2 N–H and O–H groups in total. The van der Waals surface area contributed by atoms with Gasteiger partial charge in [-0.3, -0.25) is 4.57 Å². The molecule has 2 aromatic rings. The van der Waals surface area contributed by atoms with Gasteiger partial charge in [0.1, 0.15) is 17.5 Å². The topological polar surface area (TPSA) is 70.1 Å². The summed E-state index contributed by atoms with van der Waals surface area (Å²) in [6.07, 6.45) is 0.511. The normalized spacial score (nSPS) is 10.7. The molecule has 0 fully saturated rings. The predicted molar refractivity (Wildman–Crippen MR) is 78.0 cm³/mol. The molecule has 0 aliphatic carbocycles. The van der Waals surface area contributed by atoms with Crippen molar-refractivity contribution in [2.75, 3.05) is 12.3 Å². The van der Waals surface area contributed by atoms with Crippen molar-refractivity contribution in [3.8, 4) is 5.69 Å². The summed E-state index contributed by atoms with van der Waals surface area (Å²) in [6, 6.07) is 4.76. The lowest BCUT2D eigenvalue weighted by Crippen LogP contribution is -2.11. The van der Waals surface area contributed by atoms with Gasteiger partial charge in [0, 0.05) is 6.42 Å². The van der Waals surface area contributed by atoms with Crippen molar-refractivity contribution in [3.63, 3.8) is 0 Å². The number of carbonyl (C=O) groups is 1. The molecule has 0 radical (unpaired) electrons. The Labute approximate surface area is 122 Å². The monoisotopic (exact) mass is 291 g/mol. The summed E-state index contributed by atoms with van der Waals surface area (Å²) in [7, 11) is 0. The number of aromatic nitrogens is 2. The molecular weight excluding hydrogens is 273 g/mol. The van der Waals surface area contributed by atoms with Crippen LogP contribution in [0.1, 0.15) is 35.7 Å². The van der Waals surface area contributed by atoms with Crippen LogP contribution in [0.3, 0.4) is 0 Å². The maximum Gasteiger partial charge on any atom is 0.360 e. The molecule has 2 rings (SSSR count). The lowest BCUT2D eigenvalue weighted by Gasteiger charge is -2.12. The van der Waals surface area contributed by atoms with Crippen molar-refractivity contribution >= 4 is 11.8 Å². The predicted octanol–water partition coefficient (Wildman–Crippen LogP) is 2.64. The minimum absolute atomic E-state index is 0.0244. The number of ether oxygens (including phenoxy) is 1. The van der Waals surface area contributed by atoms with Gasteiger partial charge < -0.3 is 10.5 Å². The molecule has 1 aromatic heterocycles. The zero-order valence-electron chi connectivity index (χ0n) is 12.3. The van der Waals surface area contributed by atoms with E-state index in [1.165, 1.54) is 10.6 Å². The Morgan fingerprint density at radius 3 is 2.71 bits per heavy atom. The average molecular weight is 291 g/mol. The van der Waals surface area contributed by atoms with Gasteiger partial charge in [-0.15, -0.1) is 0 Å². The maximum absolute atomic E-state index is 14.2. The minimum Gasteiger partial charge on any atom is -0.461 e. The molecule has 1 heterocycles. The van der Waals surface area contributed by atoms with E-state index in [2.05, 4.69) is 4.98 Å². The Kier molecular flexibility index (Phi) is 4.26. The van der Waals surface area contributed by atoms with Crippen LogP contribution in [-0.4, -0.2) is 22.1 Å². The van der Waals surface area contributed by atoms with Gasteiger partial charge in [-0.25, -0.2) is 14.2 Å². The van der Waals surface area contributed by atoms with E-state index in [1.807, 2.05) is 6.92 Å². The van der Waals surface area contributed by atoms with Crippen LogP contribution < -0.4 is 5.73 Å². The molecule has 0 saturated carbocycles. The smallest absolute Gasteiger partial charge is 0.360 e. The summed E-state index contributed by atoms with van der Waals surface area (Å²) in [5.41, 5.74) is 7.07. The molecule has 0 aliphatic rings. The Hall–Kier alpha value is -2.37. The van der Waals surface area contributed by atoms with Crippen molar-refractivity contribution in [2.24, 2.45) is 0 Å². The molecular formula is C15H18FN3O2. The highest BCUT2D eigenvalue weighted by atomic mass is 19.1. The number of nitrogens with two attached hydrogens (primary N) is 1. The van der Waals surface area contributed by atoms with Crippen molar-refractivity contribution in [2.45, 2.75) is 27.2 Å². The third-order valence-electron chi connectivity index (χ3n) is 3.18. The molecule has 0 aliphatic heterocycles. The van der Waals surface area contributed by atoms with Crippen LogP contribution in [0.2, 0.25) is 0 Å². The molecule has 6 heteroatoms. The Morgan fingerprint density at radius 2 is 2.14 bits per heavy atom. The van der Waals surface area contributed by atoms with Crippen LogP contribution in [0, 0.1) is 12.7 Å². The van der Waals surface area contributed by atoms with Gasteiger partial charge in [0.25, 0.3) is 0 Å². The van der Waals surface area contributed by atoms with E-state index in [-0.39, 0.29) is 18.1 Å². The lowest BCUT2D eigenvalue weighted by molar-refractivity contribution is 0.0521. The molecule has 0 bridgehead atoms. The van der Waals surface area contributed by atoms with Gasteiger partial charge in [-0.05, 0) is 25.5 Å². The van der Waals surface area contributed by atoms with E-state index in [9.17, 15) is 9.18 Å². The van der Waals surface area contributed by atoms with Crippen LogP contribution in [0.4, 0.5) is 10.2 Å². The highest BCUT2D eigenvalue weighted by Gasteiger charge is 2.23. The molecule has 0 unspecified atom stereocenters. The Balaban J connectivity index is 2.66. The summed E-state index contributed by atoms with van der Waals surface area (Å²) in [5.74, 6) is -0.399. The van der Waals surface area contributed by atoms with Crippen molar-refractivity contribution in [3.05, 3.63) is 41.1 Å². The first-order chi connectivity index (χ1) is 10.0. The number of esters is 1. The molecule has 0 amide bonds. The molecule has 0 atom stereocenters. The number of benzene rings is 1. The van der Waals surface area contributed by atoms with Crippen molar-refractivity contribution in [1.82, 2.24) is 9.55 Å². The highest BCUT2D eigenvalue weighted by Crippen LogP contribution is 2.26. The number of anilines is 1. The van der Waals surface area contributed by atoms with Crippen LogP contribution in [0.15, 0.2) is 18.2 Å². The van der Waals surface area contributed by atoms with Gasteiger partial charge in [-0.1, -0.05) is 19.1 Å². The van der Waals surface area contributed by atoms with E-state index >= 15 is 0 Å². The first-order valence-electron chi connectivity index (χ1n) is 6.80. The Morgan fingerprint density at radius 1 is 1.43 bits per heavy atom. The number of aryl methyl sites for hydroxylation is 2. The fraction of sp³-hybridized carbons (Fsp3) is 0.333. The second kappa shape index (κ2) is 5.95. The minimum atomic E-state index is -0.600. The van der Waals surface area contributed by atoms with E-state index in [0.717, 1.165) is 0 Å². The fourth-order valence-electron chi connectivity index (χ4n) is 2.22. The molecule has 1 aromatic carbocycles. The molecule has 5 nitrogen and oxygen atoms in total. The largest absolute Gasteiger partial charge is 0.461 e. The van der Waals surface area contributed by atoms with Gasteiger partial charge in [-0.2, -0.15) is 0 Å². The van der Waals surface area contributed by atoms with Gasteiger partial charge in [0.05, 0.1) is 12.3 Å². The fourth-order valence-corrected chi connectivity index (χ4v) is 2.22. The summed E-state index contributed by atoms with van der Waals surface area (Å²) < 4.78 is 20.6. The number of nitrogen functional groups attached to an aromatic ring is 1. The number of imidazole rings is 1.